The quantitative estimate of drug-likeness (QED) is 0.783. The van der Waals surface area contributed by atoms with Crippen LogP contribution in [0.5, 0.6) is 0 Å². The summed E-state index contributed by atoms with van der Waals surface area (Å²) in [4.78, 5) is 16.8. The molecule has 1 heterocycles. The summed E-state index contributed by atoms with van der Waals surface area (Å²) in [5.74, 6) is 0.379. The van der Waals surface area contributed by atoms with E-state index in [4.69, 9.17) is 11.6 Å². The van der Waals surface area contributed by atoms with E-state index >= 15 is 0 Å². The molecular weight excluding hydrogens is 270 g/mol. The van der Waals surface area contributed by atoms with Gasteiger partial charge in [0.25, 0.3) is 0 Å². The number of fused-ring (bicyclic) bond motifs is 1. The van der Waals surface area contributed by atoms with Crippen LogP contribution in [0.2, 0.25) is 5.02 Å². The molecule has 0 aliphatic heterocycles. The lowest BCUT2D eigenvalue weighted by atomic mass is 9.79. The van der Waals surface area contributed by atoms with E-state index in [0.717, 1.165) is 28.3 Å². The fraction of sp³-hybridized carbons (Fsp3) is 0.294. The maximum Gasteiger partial charge on any atom is 0.165 e. The van der Waals surface area contributed by atoms with Gasteiger partial charge in [-0.3, -0.25) is 9.78 Å². The summed E-state index contributed by atoms with van der Waals surface area (Å²) in [5.41, 5.74) is 5.12. The minimum atomic E-state index is 0.183. The summed E-state index contributed by atoms with van der Waals surface area (Å²) in [6.07, 6.45) is 3.14. The fourth-order valence-electron chi connectivity index (χ4n) is 3.05. The molecule has 2 nitrogen and oxygen atoms in total. The van der Waals surface area contributed by atoms with Gasteiger partial charge in [0.2, 0.25) is 0 Å². The van der Waals surface area contributed by atoms with Gasteiger partial charge in [-0.05, 0) is 61.1 Å². The zero-order valence-corrected chi connectivity index (χ0v) is 12.4. The van der Waals surface area contributed by atoms with Gasteiger partial charge in [-0.2, -0.15) is 0 Å². The van der Waals surface area contributed by atoms with Crippen molar-refractivity contribution < 1.29 is 4.79 Å². The first-order valence-electron chi connectivity index (χ1n) is 6.80. The molecule has 0 radical (unpaired) electrons. The summed E-state index contributed by atoms with van der Waals surface area (Å²) >= 11 is 6.10. The van der Waals surface area contributed by atoms with Crippen LogP contribution in [0.15, 0.2) is 30.5 Å². The smallest absolute Gasteiger partial charge is 0.165 e. The van der Waals surface area contributed by atoms with Gasteiger partial charge in [0.05, 0.1) is 5.69 Å². The maximum absolute atomic E-state index is 12.4. The van der Waals surface area contributed by atoms with E-state index in [1.54, 1.807) is 6.20 Å². The van der Waals surface area contributed by atoms with Gasteiger partial charge in [-0.25, -0.2) is 0 Å². The van der Waals surface area contributed by atoms with Crippen LogP contribution in [0.25, 0.3) is 0 Å². The molecule has 0 saturated heterocycles. The summed E-state index contributed by atoms with van der Waals surface area (Å²) in [7, 11) is 0. The number of Topliss-reactive ketones (excluding diaryl/α,β-unsaturated/α-hetero) is 1. The molecule has 3 heteroatoms. The highest BCUT2D eigenvalue weighted by Crippen LogP contribution is 2.35. The Hall–Kier alpha value is -1.67. The molecule has 1 aliphatic carbocycles. The van der Waals surface area contributed by atoms with Gasteiger partial charge >= 0.3 is 0 Å². The van der Waals surface area contributed by atoms with Crippen LogP contribution in [-0.4, -0.2) is 10.8 Å². The number of aromatic nitrogens is 1. The second-order valence-corrected chi connectivity index (χ2v) is 5.92. The molecule has 1 atom stereocenters. The predicted octanol–water partition coefficient (Wildman–Crippen LogP) is 4.26. The molecule has 0 saturated carbocycles. The van der Waals surface area contributed by atoms with Gasteiger partial charge in [0.15, 0.2) is 5.78 Å². The van der Waals surface area contributed by atoms with Crippen molar-refractivity contribution in [2.24, 2.45) is 0 Å². The molecule has 2 aromatic rings. The molecule has 0 N–H and O–H groups in total. The minimum Gasteiger partial charge on any atom is -0.294 e. The van der Waals surface area contributed by atoms with E-state index in [1.165, 1.54) is 11.1 Å². The van der Waals surface area contributed by atoms with Crippen molar-refractivity contribution in [1.82, 2.24) is 4.98 Å². The van der Waals surface area contributed by atoms with Gasteiger partial charge in [-0.15, -0.1) is 0 Å². The topological polar surface area (TPSA) is 30.0 Å². The minimum absolute atomic E-state index is 0.183. The molecule has 1 aliphatic rings. The summed E-state index contributed by atoms with van der Waals surface area (Å²) in [5, 5.41) is 0.723. The Morgan fingerprint density at radius 2 is 1.95 bits per heavy atom. The van der Waals surface area contributed by atoms with Crippen LogP contribution in [0.1, 0.15) is 45.1 Å². The number of aryl methyl sites for hydroxylation is 2. The van der Waals surface area contributed by atoms with Crippen molar-refractivity contribution in [2.45, 2.75) is 32.6 Å². The molecule has 20 heavy (non-hydrogen) atoms. The lowest BCUT2D eigenvalue weighted by Gasteiger charge is -2.25. The zero-order chi connectivity index (χ0) is 14.3. The molecule has 1 aromatic heterocycles. The van der Waals surface area contributed by atoms with Gasteiger partial charge < -0.3 is 0 Å². The summed E-state index contributed by atoms with van der Waals surface area (Å²) in [6.45, 7) is 4.04. The Balaban J connectivity index is 2.04. The third-order valence-electron chi connectivity index (χ3n) is 4.07. The van der Waals surface area contributed by atoms with Crippen molar-refractivity contribution in [2.75, 3.05) is 0 Å². The van der Waals surface area contributed by atoms with Gasteiger partial charge in [0.1, 0.15) is 0 Å². The van der Waals surface area contributed by atoms with Crippen LogP contribution >= 0.6 is 11.6 Å². The predicted molar refractivity (Wildman–Crippen MR) is 80.6 cm³/mol. The van der Waals surface area contributed by atoms with Gasteiger partial charge in [-0.1, -0.05) is 17.7 Å². The lowest BCUT2D eigenvalue weighted by molar-refractivity contribution is 0.0962. The maximum atomic E-state index is 12.4. The molecule has 102 valence electrons. The number of pyridine rings is 1. The van der Waals surface area contributed by atoms with Crippen LogP contribution in [0.3, 0.4) is 0 Å². The molecular formula is C17H16ClNO. The first-order valence-corrected chi connectivity index (χ1v) is 7.18. The van der Waals surface area contributed by atoms with E-state index in [1.807, 2.05) is 31.2 Å². The second kappa shape index (κ2) is 5.02. The lowest BCUT2D eigenvalue weighted by Crippen LogP contribution is -2.21. The van der Waals surface area contributed by atoms with E-state index < -0.39 is 0 Å². The Bertz CT molecular complexity index is 693. The molecule has 0 spiro atoms. The number of rotatable bonds is 1. The highest BCUT2D eigenvalue weighted by Gasteiger charge is 2.29. The van der Waals surface area contributed by atoms with E-state index in [0.29, 0.717) is 6.42 Å². The number of nitrogens with zero attached hydrogens (tertiary/aromatic N) is 1. The van der Waals surface area contributed by atoms with E-state index in [9.17, 15) is 4.79 Å². The Morgan fingerprint density at radius 1 is 1.15 bits per heavy atom. The highest BCUT2D eigenvalue weighted by molar-refractivity contribution is 6.30. The van der Waals surface area contributed by atoms with Gasteiger partial charge in [0, 0.05) is 23.2 Å². The molecule has 1 unspecified atom stereocenters. The van der Waals surface area contributed by atoms with Crippen LogP contribution in [0, 0.1) is 13.8 Å². The first kappa shape index (κ1) is 13.3. The van der Waals surface area contributed by atoms with Crippen LogP contribution < -0.4 is 0 Å². The molecule has 0 bridgehead atoms. The summed E-state index contributed by atoms with van der Waals surface area (Å²) < 4.78 is 0. The zero-order valence-electron chi connectivity index (χ0n) is 11.6. The van der Waals surface area contributed by atoms with Crippen molar-refractivity contribution in [3.8, 4) is 0 Å². The molecule has 0 fully saturated rings. The number of benzene rings is 1. The molecule has 0 amide bonds. The largest absolute Gasteiger partial charge is 0.294 e. The monoisotopic (exact) mass is 285 g/mol. The molecule has 1 aromatic carbocycles. The first-order chi connectivity index (χ1) is 9.56. The average molecular weight is 286 g/mol. The van der Waals surface area contributed by atoms with Crippen molar-refractivity contribution in [1.29, 1.82) is 0 Å². The number of ketones is 1. The third-order valence-corrected chi connectivity index (χ3v) is 4.30. The summed E-state index contributed by atoms with van der Waals surface area (Å²) in [6, 6.07) is 7.79. The number of hydrogen-bond donors (Lipinski definition) is 0. The third kappa shape index (κ3) is 2.25. The van der Waals surface area contributed by atoms with Crippen LogP contribution in [0.4, 0.5) is 0 Å². The Morgan fingerprint density at radius 3 is 2.75 bits per heavy atom. The highest BCUT2D eigenvalue weighted by atomic mass is 35.5. The SMILES string of the molecule is Cc1ccc(Cl)cc1C1CC(=O)c2c(C)ccnc2C1. The second-order valence-electron chi connectivity index (χ2n) is 5.48. The number of hydrogen-bond acceptors (Lipinski definition) is 2. The Kier molecular flexibility index (Phi) is 3.35. The number of carbonyl (C=O) groups excluding carboxylic acids is 1. The number of halogens is 1. The number of carbonyl (C=O) groups is 1. The Labute approximate surface area is 123 Å². The van der Waals surface area contributed by atoms with E-state index in [2.05, 4.69) is 11.9 Å². The average Bonchev–Trinajstić information content (AvgIpc) is 2.41. The standard InChI is InChI=1S/C17H16ClNO/c1-10-3-4-13(18)9-14(10)12-7-15-17(16(20)8-12)11(2)5-6-19-15/h3-6,9,12H,7-8H2,1-2H3. The normalized spacial score (nSPS) is 17.9. The van der Waals surface area contributed by atoms with Crippen molar-refractivity contribution >= 4 is 17.4 Å². The molecule has 3 rings (SSSR count). The van der Waals surface area contributed by atoms with E-state index in [-0.39, 0.29) is 11.7 Å². The van der Waals surface area contributed by atoms with Crippen LogP contribution in [-0.2, 0) is 6.42 Å². The van der Waals surface area contributed by atoms with Crippen molar-refractivity contribution in [3.63, 3.8) is 0 Å². The van der Waals surface area contributed by atoms with Crippen molar-refractivity contribution in [3.05, 3.63) is 63.4 Å². The fourth-order valence-corrected chi connectivity index (χ4v) is 3.23.